The van der Waals surface area contributed by atoms with Crippen LogP contribution in [-0.2, 0) is 4.79 Å². The number of hydrogen-bond acceptors (Lipinski definition) is 5. The monoisotopic (exact) mass is 303 g/mol. The number of carboxylic acid groups (broad SMARTS) is 1. The van der Waals surface area contributed by atoms with E-state index in [0.29, 0.717) is 5.69 Å². The van der Waals surface area contributed by atoms with Gasteiger partial charge in [0.15, 0.2) is 5.69 Å². The van der Waals surface area contributed by atoms with Gasteiger partial charge in [0.1, 0.15) is 0 Å². The number of hydrogen-bond donors (Lipinski definition) is 3. The van der Waals surface area contributed by atoms with Crippen LogP contribution in [0.3, 0.4) is 0 Å². The van der Waals surface area contributed by atoms with E-state index in [-0.39, 0.29) is 24.6 Å². The van der Waals surface area contributed by atoms with Crippen LogP contribution in [0.5, 0.6) is 0 Å². The molecule has 0 aliphatic carbocycles. The number of carbonyl (C=O) groups excluding carboxylic acids is 1. The third kappa shape index (κ3) is 2.32. The van der Waals surface area contributed by atoms with Crippen molar-refractivity contribution in [3.8, 4) is 0 Å². The number of nitrogens with zero attached hydrogens (tertiary/aromatic N) is 3. The first-order valence-electron chi connectivity index (χ1n) is 6.96. The molecule has 2 fully saturated rings. The standard InChI is InChI=1S/C13H15N5O.CH2O2/c1-17-7-8-6-11(17)16-18(8)13(19)12-9-4-2-3-5-10(9)14-15-12;2-1-3/h2-5,8,11,16H,6-7H2,1H3,(H,14,15);1H,(H,2,3)/t8-,11-;/m0./s1. The number of benzene rings is 1. The number of nitrogens with one attached hydrogen (secondary N) is 2. The van der Waals surface area contributed by atoms with Crippen LogP contribution in [0.15, 0.2) is 24.3 Å². The summed E-state index contributed by atoms with van der Waals surface area (Å²) in [7, 11) is 2.07. The molecule has 3 heterocycles. The average Bonchev–Trinajstić information content (AvgIpc) is 3.20. The van der Waals surface area contributed by atoms with E-state index in [4.69, 9.17) is 9.90 Å². The average molecular weight is 303 g/mol. The minimum absolute atomic E-state index is 0.0435. The normalized spacial score (nSPS) is 23.4. The van der Waals surface area contributed by atoms with Crippen LogP contribution in [0.4, 0.5) is 0 Å². The second-order valence-corrected chi connectivity index (χ2v) is 5.37. The Balaban J connectivity index is 0.000000446. The Morgan fingerprint density at radius 3 is 2.82 bits per heavy atom. The molecule has 1 aromatic heterocycles. The maximum atomic E-state index is 12.6. The first-order valence-corrected chi connectivity index (χ1v) is 6.96. The summed E-state index contributed by atoms with van der Waals surface area (Å²) < 4.78 is 0. The number of likely N-dealkylation sites (tertiary alicyclic amines) is 1. The number of carbonyl (C=O) groups is 2. The number of H-pyrrole nitrogens is 1. The minimum atomic E-state index is -0.250. The van der Waals surface area contributed by atoms with Crippen LogP contribution in [0.25, 0.3) is 10.9 Å². The number of rotatable bonds is 1. The zero-order valence-electron chi connectivity index (χ0n) is 12.1. The van der Waals surface area contributed by atoms with Crippen molar-refractivity contribution < 1.29 is 14.7 Å². The van der Waals surface area contributed by atoms with E-state index in [1.54, 1.807) is 5.01 Å². The molecule has 0 saturated carbocycles. The highest BCUT2D eigenvalue weighted by atomic mass is 16.3. The summed E-state index contributed by atoms with van der Waals surface area (Å²) in [4.78, 5) is 23.2. The Hall–Kier alpha value is -2.45. The molecule has 2 aliphatic rings. The third-order valence-corrected chi connectivity index (χ3v) is 4.07. The van der Waals surface area contributed by atoms with E-state index < -0.39 is 0 Å². The molecule has 1 aromatic carbocycles. The van der Waals surface area contributed by atoms with Gasteiger partial charge in [0, 0.05) is 18.4 Å². The Morgan fingerprint density at radius 1 is 1.45 bits per heavy atom. The number of aromatic amines is 1. The van der Waals surface area contributed by atoms with Gasteiger partial charge in [-0.2, -0.15) is 5.10 Å². The molecule has 2 atom stereocenters. The fraction of sp³-hybridized carbons (Fsp3) is 0.357. The van der Waals surface area contributed by atoms with Crippen LogP contribution >= 0.6 is 0 Å². The maximum Gasteiger partial charge on any atom is 0.290 e. The van der Waals surface area contributed by atoms with Gasteiger partial charge in [-0.25, -0.2) is 5.43 Å². The summed E-state index contributed by atoms with van der Waals surface area (Å²) in [5.74, 6) is -0.0435. The minimum Gasteiger partial charge on any atom is -0.483 e. The van der Waals surface area contributed by atoms with Crippen molar-refractivity contribution in [1.82, 2.24) is 25.5 Å². The highest BCUT2D eigenvalue weighted by Gasteiger charge is 2.44. The summed E-state index contributed by atoms with van der Waals surface area (Å²) in [6.07, 6.45) is 1.27. The third-order valence-electron chi connectivity index (χ3n) is 4.07. The summed E-state index contributed by atoms with van der Waals surface area (Å²) in [5.41, 5.74) is 4.64. The number of aromatic nitrogens is 2. The highest BCUT2D eigenvalue weighted by molar-refractivity contribution is 6.04. The zero-order chi connectivity index (χ0) is 15.7. The van der Waals surface area contributed by atoms with Gasteiger partial charge in [0.25, 0.3) is 12.4 Å². The van der Waals surface area contributed by atoms with E-state index >= 15 is 0 Å². The molecule has 0 spiro atoms. The molecular weight excluding hydrogens is 286 g/mol. The Morgan fingerprint density at radius 2 is 2.18 bits per heavy atom. The lowest BCUT2D eigenvalue weighted by Gasteiger charge is -2.32. The Labute approximate surface area is 126 Å². The van der Waals surface area contributed by atoms with Crippen molar-refractivity contribution in [2.24, 2.45) is 0 Å². The molecule has 0 unspecified atom stereocenters. The molecular formula is C14H17N5O3. The molecule has 4 rings (SSSR count). The van der Waals surface area contributed by atoms with Crippen molar-refractivity contribution in [1.29, 1.82) is 0 Å². The molecule has 22 heavy (non-hydrogen) atoms. The second kappa shape index (κ2) is 5.74. The molecule has 2 aromatic rings. The SMILES string of the molecule is CN1C[C@@H]2C[C@H]1NN2C(=O)c1n[nH]c2ccccc12.O=CO. The van der Waals surface area contributed by atoms with Crippen LogP contribution in [0, 0.1) is 0 Å². The predicted molar refractivity (Wildman–Crippen MR) is 78.9 cm³/mol. The molecule has 8 nitrogen and oxygen atoms in total. The van der Waals surface area contributed by atoms with Crippen molar-refractivity contribution in [2.75, 3.05) is 13.6 Å². The van der Waals surface area contributed by atoms with Crippen LogP contribution in [0.2, 0.25) is 0 Å². The van der Waals surface area contributed by atoms with Crippen molar-refractivity contribution in [3.63, 3.8) is 0 Å². The summed E-state index contributed by atoms with van der Waals surface area (Å²) in [5, 5.41) is 16.6. The van der Waals surface area contributed by atoms with Gasteiger partial charge < -0.3 is 5.11 Å². The van der Waals surface area contributed by atoms with Crippen molar-refractivity contribution in [3.05, 3.63) is 30.0 Å². The summed E-state index contributed by atoms with van der Waals surface area (Å²) >= 11 is 0. The van der Waals surface area contributed by atoms with E-state index in [9.17, 15) is 4.79 Å². The fourth-order valence-electron chi connectivity index (χ4n) is 3.04. The first kappa shape index (κ1) is 14.5. The largest absolute Gasteiger partial charge is 0.483 e. The van der Waals surface area contributed by atoms with Gasteiger partial charge in [-0.1, -0.05) is 18.2 Å². The molecule has 2 saturated heterocycles. The van der Waals surface area contributed by atoms with E-state index in [2.05, 4.69) is 27.6 Å². The number of fused-ring (bicyclic) bond motifs is 3. The van der Waals surface area contributed by atoms with Gasteiger partial charge in [-0.05, 0) is 13.1 Å². The molecule has 0 radical (unpaired) electrons. The summed E-state index contributed by atoms with van der Waals surface area (Å²) in [6.45, 7) is 0.672. The van der Waals surface area contributed by atoms with Gasteiger partial charge in [0.2, 0.25) is 0 Å². The lowest BCUT2D eigenvalue weighted by Crippen LogP contribution is -2.55. The highest BCUT2D eigenvalue weighted by Crippen LogP contribution is 2.27. The number of amides is 1. The Kier molecular flexibility index (Phi) is 3.78. The van der Waals surface area contributed by atoms with Crippen LogP contribution in [-0.4, -0.2) is 63.4 Å². The molecule has 8 heteroatoms. The first-order chi connectivity index (χ1) is 10.7. The lowest BCUT2D eigenvalue weighted by molar-refractivity contribution is -0.122. The molecule has 3 N–H and O–H groups in total. The topological polar surface area (TPSA) is 102 Å². The van der Waals surface area contributed by atoms with Gasteiger partial charge in [0.05, 0.1) is 17.7 Å². The Bertz CT molecular complexity index is 699. The maximum absolute atomic E-state index is 12.6. The van der Waals surface area contributed by atoms with Crippen molar-refractivity contribution in [2.45, 2.75) is 18.6 Å². The predicted octanol–water partition coefficient (Wildman–Crippen LogP) is 0.254. The zero-order valence-corrected chi connectivity index (χ0v) is 12.1. The van der Waals surface area contributed by atoms with Gasteiger partial charge in [-0.15, -0.1) is 0 Å². The molecule has 116 valence electrons. The van der Waals surface area contributed by atoms with Gasteiger partial charge >= 0.3 is 0 Å². The van der Waals surface area contributed by atoms with Crippen molar-refractivity contribution >= 4 is 23.3 Å². The van der Waals surface area contributed by atoms with Crippen LogP contribution in [0.1, 0.15) is 16.9 Å². The van der Waals surface area contributed by atoms with E-state index in [0.717, 1.165) is 23.9 Å². The summed E-state index contributed by atoms with van der Waals surface area (Å²) in [6, 6.07) is 7.95. The van der Waals surface area contributed by atoms with E-state index in [1.165, 1.54) is 0 Å². The quantitative estimate of drug-likeness (QED) is 0.653. The number of para-hydroxylation sites is 1. The van der Waals surface area contributed by atoms with Crippen LogP contribution < -0.4 is 5.43 Å². The fourth-order valence-corrected chi connectivity index (χ4v) is 3.04. The number of likely N-dealkylation sites (N-methyl/N-ethyl adjacent to an activating group) is 1. The smallest absolute Gasteiger partial charge is 0.290 e. The van der Waals surface area contributed by atoms with E-state index in [1.807, 2.05) is 24.3 Å². The second-order valence-electron chi connectivity index (χ2n) is 5.37. The molecule has 2 bridgehead atoms. The molecule has 2 aliphatic heterocycles. The molecule has 1 amide bonds. The van der Waals surface area contributed by atoms with Gasteiger partial charge in [-0.3, -0.25) is 24.6 Å². The number of hydrazine groups is 1. The lowest BCUT2D eigenvalue weighted by atomic mass is 10.2.